The molecule has 0 fully saturated rings. The van der Waals surface area contributed by atoms with Crippen molar-refractivity contribution in [2.24, 2.45) is 0 Å². The van der Waals surface area contributed by atoms with Crippen molar-refractivity contribution in [3.8, 4) is 0 Å². The van der Waals surface area contributed by atoms with Gasteiger partial charge in [0, 0.05) is 17.9 Å². The Kier molecular flexibility index (Phi) is 3.28. The van der Waals surface area contributed by atoms with E-state index in [-0.39, 0.29) is 5.82 Å². The zero-order valence-corrected chi connectivity index (χ0v) is 9.73. The highest BCUT2D eigenvalue weighted by Crippen LogP contribution is 2.27. The molecule has 0 unspecified atom stereocenters. The molecule has 2 aromatic carbocycles. The first-order valence-electron chi connectivity index (χ1n) is 5.60. The van der Waals surface area contributed by atoms with Crippen LogP contribution in [0.4, 0.5) is 21.5 Å². The van der Waals surface area contributed by atoms with E-state index in [1.165, 1.54) is 6.07 Å². The Bertz CT molecular complexity index is 494. The SMILES string of the molecule is CCN(c1ccc(N)cc1)c1ccccc1F. The van der Waals surface area contributed by atoms with E-state index in [4.69, 9.17) is 5.73 Å². The van der Waals surface area contributed by atoms with Crippen LogP contribution >= 0.6 is 0 Å². The third-order valence-corrected chi connectivity index (χ3v) is 2.66. The molecular weight excluding hydrogens is 215 g/mol. The Morgan fingerprint density at radius 1 is 1.06 bits per heavy atom. The summed E-state index contributed by atoms with van der Waals surface area (Å²) in [4.78, 5) is 1.91. The van der Waals surface area contributed by atoms with E-state index in [2.05, 4.69) is 0 Å². The Labute approximate surface area is 100 Å². The summed E-state index contributed by atoms with van der Waals surface area (Å²) in [5.74, 6) is -0.217. The quantitative estimate of drug-likeness (QED) is 0.817. The number of para-hydroxylation sites is 1. The van der Waals surface area contributed by atoms with Gasteiger partial charge < -0.3 is 10.6 Å². The monoisotopic (exact) mass is 230 g/mol. The number of nitrogens with zero attached hydrogens (tertiary/aromatic N) is 1. The van der Waals surface area contributed by atoms with Gasteiger partial charge in [-0.25, -0.2) is 4.39 Å². The Hall–Kier alpha value is -2.03. The summed E-state index contributed by atoms with van der Waals surface area (Å²) >= 11 is 0. The fourth-order valence-electron chi connectivity index (χ4n) is 1.82. The van der Waals surface area contributed by atoms with Gasteiger partial charge in [-0.05, 0) is 43.3 Å². The van der Waals surface area contributed by atoms with Gasteiger partial charge in [0.1, 0.15) is 5.82 Å². The number of hydrogen-bond donors (Lipinski definition) is 1. The topological polar surface area (TPSA) is 29.3 Å². The lowest BCUT2D eigenvalue weighted by Gasteiger charge is -2.23. The molecule has 0 radical (unpaired) electrons. The van der Waals surface area contributed by atoms with E-state index in [1.54, 1.807) is 12.1 Å². The third-order valence-electron chi connectivity index (χ3n) is 2.66. The van der Waals surface area contributed by atoms with E-state index in [0.29, 0.717) is 17.9 Å². The lowest BCUT2D eigenvalue weighted by atomic mass is 10.2. The van der Waals surface area contributed by atoms with Crippen LogP contribution in [-0.4, -0.2) is 6.54 Å². The van der Waals surface area contributed by atoms with Crippen LogP contribution in [-0.2, 0) is 0 Å². The predicted octanol–water partition coefficient (Wildman–Crippen LogP) is 3.57. The van der Waals surface area contributed by atoms with Gasteiger partial charge in [0.05, 0.1) is 5.69 Å². The number of benzene rings is 2. The fraction of sp³-hybridized carbons (Fsp3) is 0.143. The summed E-state index contributed by atoms with van der Waals surface area (Å²) in [7, 11) is 0. The zero-order valence-electron chi connectivity index (χ0n) is 9.73. The van der Waals surface area contributed by atoms with Crippen LogP contribution < -0.4 is 10.6 Å². The van der Waals surface area contributed by atoms with Gasteiger partial charge >= 0.3 is 0 Å². The first-order chi connectivity index (χ1) is 8.22. The molecule has 0 amide bonds. The number of rotatable bonds is 3. The minimum atomic E-state index is -0.217. The van der Waals surface area contributed by atoms with Crippen LogP contribution in [0.15, 0.2) is 48.5 Å². The maximum atomic E-state index is 13.7. The second-order valence-electron chi connectivity index (χ2n) is 3.79. The van der Waals surface area contributed by atoms with Crippen molar-refractivity contribution in [2.45, 2.75) is 6.92 Å². The molecule has 0 spiro atoms. The standard InChI is InChI=1S/C14H15FN2/c1-2-17(12-9-7-11(16)8-10-12)14-6-4-3-5-13(14)15/h3-10H,2,16H2,1H3. The first kappa shape index (κ1) is 11.5. The second-order valence-corrected chi connectivity index (χ2v) is 3.79. The summed E-state index contributed by atoms with van der Waals surface area (Å²) in [5, 5.41) is 0. The molecule has 2 N–H and O–H groups in total. The molecule has 2 rings (SSSR count). The molecule has 2 aromatic rings. The zero-order chi connectivity index (χ0) is 12.3. The maximum Gasteiger partial charge on any atom is 0.146 e. The van der Waals surface area contributed by atoms with Crippen molar-refractivity contribution < 1.29 is 4.39 Å². The molecule has 17 heavy (non-hydrogen) atoms. The summed E-state index contributed by atoms with van der Waals surface area (Å²) in [6, 6.07) is 14.2. The van der Waals surface area contributed by atoms with Gasteiger partial charge in [0.25, 0.3) is 0 Å². The first-order valence-corrected chi connectivity index (χ1v) is 5.60. The molecular formula is C14H15FN2. The van der Waals surface area contributed by atoms with E-state index in [9.17, 15) is 4.39 Å². The third kappa shape index (κ3) is 2.38. The largest absolute Gasteiger partial charge is 0.399 e. The van der Waals surface area contributed by atoms with Crippen molar-refractivity contribution in [1.29, 1.82) is 0 Å². The van der Waals surface area contributed by atoms with Gasteiger partial charge in [-0.2, -0.15) is 0 Å². The summed E-state index contributed by atoms with van der Waals surface area (Å²) < 4.78 is 13.7. The molecule has 0 atom stereocenters. The normalized spacial score (nSPS) is 10.2. The lowest BCUT2D eigenvalue weighted by Crippen LogP contribution is -2.17. The minimum absolute atomic E-state index is 0.217. The molecule has 0 aromatic heterocycles. The van der Waals surface area contributed by atoms with Gasteiger partial charge in [0.2, 0.25) is 0 Å². The molecule has 88 valence electrons. The van der Waals surface area contributed by atoms with Crippen molar-refractivity contribution in [1.82, 2.24) is 0 Å². The van der Waals surface area contributed by atoms with Crippen LogP contribution in [0.2, 0.25) is 0 Å². The van der Waals surface area contributed by atoms with E-state index >= 15 is 0 Å². The second kappa shape index (κ2) is 4.87. The van der Waals surface area contributed by atoms with E-state index in [0.717, 1.165) is 5.69 Å². The van der Waals surface area contributed by atoms with E-state index in [1.807, 2.05) is 42.2 Å². The average molecular weight is 230 g/mol. The van der Waals surface area contributed by atoms with Gasteiger partial charge in [0.15, 0.2) is 0 Å². The van der Waals surface area contributed by atoms with Crippen LogP contribution in [0.25, 0.3) is 0 Å². The molecule has 0 saturated heterocycles. The fourth-order valence-corrected chi connectivity index (χ4v) is 1.82. The summed E-state index contributed by atoms with van der Waals surface area (Å²) in [5.41, 5.74) is 7.87. The molecule has 0 saturated carbocycles. The highest BCUT2D eigenvalue weighted by Gasteiger charge is 2.10. The van der Waals surface area contributed by atoms with Gasteiger partial charge in [-0.1, -0.05) is 12.1 Å². The summed E-state index contributed by atoms with van der Waals surface area (Å²) in [6.45, 7) is 2.69. The minimum Gasteiger partial charge on any atom is -0.399 e. The molecule has 0 aliphatic rings. The van der Waals surface area contributed by atoms with Crippen LogP contribution in [0, 0.1) is 5.82 Å². The van der Waals surface area contributed by atoms with Crippen molar-refractivity contribution in [2.75, 3.05) is 17.2 Å². The number of hydrogen-bond acceptors (Lipinski definition) is 2. The van der Waals surface area contributed by atoms with Gasteiger partial charge in [-0.15, -0.1) is 0 Å². The smallest absolute Gasteiger partial charge is 0.146 e. The number of halogens is 1. The molecule has 0 aliphatic heterocycles. The Morgan fingerprint density at radius 3 is 2.29 bits per heavy atom. The average Bonchev–Trinajstić information content (AvgIpc) is 2.35. The number of nitrogen functional groups attached to an aromatic ring is 1. The van der Waals surface area contributed by atoms with Crippen LogP contribution in [0.3, 0.4) is 0 Å². The highest BCUT2D eigenvalue weighted by atomic mass is 19.1. The van der Waals surface area contributed by atoms with Crippen molar-refractivity contribution in [3.63, 3.8) is 0 Å². The summed E-state index contributed by atoms with van der Waals surface area (Å²) in [6.07, 6.45) is 0. The molecule has 3 heteroatoms. The van der Waals surface area contributed by atoms with Crippen LogP contribution in [0.5, 0.6) is 0 Å². The van der Waals surface area contributed by atoms with Crippen molar-refractivity contribution in [3.05, 3.63) is 54.3 Å². The highest BCUT2D eigenvalue weighted by molar-refractivity contribution is 5.65. The molecule has 2 nitrogen and oxygen atoms in total. The lowest BCUT2D eigenvalue weighted by molar-refractivity contribution is 0.625. The number of anilines is 3. The maximum absolute atomic E-state index is 13.7. The van der Waals surface area contributed by atoms with E-state index < -0.39 is 0 Å². The predicted molar refractivity (Wildman–Crippen MR) is 69.9 cm³/mol. The molecule has 0 aliphatic carbocycles. The molecule has 0 heterocycles. The van der Waals surface area contributed by atoms with Crippen LogP contribution in [0.1, 0.15) is 6.92 Å². The number of nitrogens with two attached hydrogens (primary N) is 1. The molecule has 0 bridgehead atoms. The Morgan fingerprint density at radius 2 is 1.71 bits per heavy atom. The van der Waals surface area contributed by atoms with Crippen molar-refractivity contribution >= 4 is 17.1 Å². The Balaban J connectivity index is 2.40. The van der Waals surface area contributed by atoms with Gasteiger partial charge in [-0.3, -0.25) is 0 Å².